The molecule has 4 aromatic rings. The number of para-hydroxylation sites is 2. The van der Waals surface area contributed by atoms with Gasteiger partial charge in [0, 0.05) is 0 Å². The predicted molar refractivity (Wildman–Crippen MR) is 130 cm³/mol. The van der Waals surface area contributed by atoms with Crippen molar-refractivity contribution in [1.82, 2.24) is 0 Å². The van der Waals surface area contributed by atoms with Crippen LogP contribution in [0.15, 0.2) is 109 Å². The van der Waals surface area contributed by atoms with Crippen LogP contribution in [0.2, 0.25) is 0 Å². The Kier molecular flexibility index (Phi) is 6.31. The van der Waals surface area contributed by atoms with Crippen LogP contribution in [0.5, 0.6) is 0 Å². The van der Waals surface area contributed by atoms with Crippen LogP contribution in [-0.4, -0.2) is 36.9 Å². The van der Waals surface area contributed by atoms with E-state index in [1.807, 2.05) is 6.07 Å². The normalized spacial score (nSPS) is 10.2. The number of rotatable bonds is 6. The van der Waals surface area contributed by atoms with Crippen molar-refractivity contribution in [2.75, 3.05) is 7.77 Å². The van der Waals surface area contributed by atoms with Crippen LogP contribution < -0.4 is 7.77 Å². The summed E-state index contributed by atoms with van der Waals surface area (Å²) in [5.74, 6) is 0. The Morgan fingerprint density at radius 2 is 0.897 bits per heavy atom. The van der Waals surface area contributed by atoms with E-state index in [4.69, 9.17) is 0 Å². The number of hydrogen-bond donors (Lipinski definition) is 0. The third-order valence-corrected chi connectivity index (χ3v) is 7.09. The number of nitrogens with zero attached hydrogens (tertiary/aromatic N) is 2. The van der Waals surface area contributed by atoms with Crippen molar-refractivity contribution >= 4 is 59.6 Å². The SMILES string of the molecule is [CH2]=[Al][N](c1ccccc1)c1ccc(-c2ccc([N]([AlH2])c3ccccc3)cc2)cc1. The van der Waals surface area contributed by atoms with Gasteiger partial charge in [-0.25, -0.2) is 0 Å². The Morgan fingerprint density at radius 1 is 0.517 bits per heavy atom. The van der Waals surface area contributed by atoms with Gasteiger partial charge in [0.1, 0.15) is 0 Å². The predicted octanol–water partition coefficient (Wildman–Crippen LogP) is 5.23. The van der Waals surface area contributed by atoms with E-state index < -0.39 is 0 Å². The van der Waals surface area contributed by atoms with E-state index >= 15 is 0 Å². The van der Waals surface area contributed by atoms with Crippen molar-refractivity contribution in [2.45, 2.75) is 0 Å². The second-order valence-electron chi connectivity index (χ2n) is 6.88. The molecule has 0 bridgehead atoms. The van der Waals surface area contributed by atoms with Gasteiger partial charge < -0.3 is 0 Å². The Labute approximate surface area is 187 Å². The molecule has 0 fully saturated rings. The molecular weight excluding hydrogens is 382 g/mol. The van der Waals surface area contributed by atoms with Gasteiger partial charge in [0.05, 0.1) is 0 Å². The van der Waals surface area contributed by atoms with Gasteiger partial charge in [-0.1, -0.05) is 18.2 Å². The Bertz CT molecular complexity index is 1060. The molecule has 0 atom stereocenters. The van der Waals surface area contributed by atoms with Crippen LogP contribution in [0.3, 0.4) is 0 Å². The molecule has 0 spiro atoms. The van der Waals surface area contributed by atoms with E-state index in [-0.39, 0.29) is 15.0 Å². The molecule has 4 aromatic carbocycles. The fourth-order valence-corrected chi connectivity index (χ4v) is 4.80. The van der Waals surface area contributed by atoms with E-state index in [0.717, 1.165) is 16.5 Å². The number of benzene rings is 4. The van der Waals surface area contributed by atoms with Crippen molar-refractivity contribution in [3.05, 3.63) is 109 Å². The van der Waals surface area contributed by atoms with Crippen LogP contribution in [0.25, 0.3) is 11.1 Å². The molecule has 0 amide bonds. The van der Waals surface area contributed by atoms with Crippen LogP contribution in [0, 0.1) is 0 Å². The average Bonchev–Trinajstić information content (AvgIpc) is 2.81. The van der Waals surface area contributed by atoms with Gasteiger partial charge in [0.2, 0.25) is 0 Å². The molecule has 0 aromatic heterocycles. The quantitative estimate of drug-likeness (QED) is 0.406. The van der Waals surface area contributed by atoms with E-state index in [1.165, 1.54) is 33.9 Å². The summed E-state index contributed by atoms with van der Waals surface area (Å²) in [5, 5.41) is 4.18. The molecular formula is C25H22Al2N2. The number of anilines is 4. The van der Waals surface area contributed by atoms with E-state index in [9.17, 15) is 0 Å². The first-order valence-electron chi connectivity index (χ1n) is 9.72. The van der Waals surface area contributed by atoms with Gasteiger partial charge in [-0.15, -0.1) is 0 Å². The molecule has 0 unspecified atom stereocenters. The summed E-state index contributed by atoms with van der Waals surface area (Å²) >= 11 is 0.855. The second kappa shape index (κ2) is 9.28. The molecule has 0 saturated heterocycles. The monoisotopic (exact) mass is 404 g/mol. The fraction of sp³-hybridized carbons (Fsp3) is 0. The van der Waals surface area contributed by atoms with E-state index in [1.54, 1.807) is 0 Å². The van der Waals surface area contributed by atoms with Gasteiger partial charge in [0.15, 0.2) is 0 Å². The summed E-state index contributed by atoms with van der Waals surface area (Å²) < 4.78 is 4.63. The van der Waals surface area contributed by atoms with Crippen molar-refractivity contribution in [1.29, 1.82) is 0 Å². The van der Waals surface area contributed by atoms with Crippen molar-refractivity contribution in [3.8, 4) is 11.1 Å². The first-order valence-corrected chi connectivity index (χ1v) is 11.9. The molecule has 0 aliphatic rings. The summed E-state index contributed by atoms with van der Waals surface area (Å²) in [6, 6.07) is 38.6. The van der Waals surface area contributed by atoms with Crippen LogP contribution in [0.4, 0.5) is 22.7 Å². The van der Waals surface area contributed by atoms with Crippen LogP contribution >= 0.6 is 0 Å². The summed E-state index contributed by atoms with van der Waals surface area (Å²) in [6.07, 6.45) is 0. The summed E-state index contributed by atoms with van der Waals surface area (Å²) in [7, 11) is 0. The van der Waals surface area contributed by atoms with Gasteiger partial charge in [0.25, 0.3) is 0 Å². The number of hydrogen-bond acceptors (Lipinski definition) is 2. The summed E-state index contributed by atoms with van der Waals surface area (Å²) in [4.78, 5) is 0. The Hall–Kier alpha value is -2.59. The maximum atomic E-state index is 4.18. The van der Waals surface area contributed by atoms with Gasteiger partial charge in [-0.05, 0) is 0 Å². The molecule has 0 aliphatic carbocycles. The minimum atomic E-state index is -0.0860. The standard InChI is InChI=1S/C24H18N2.CH2.2Al.2H/c1-3-7-21(8-4-1)25-23-15-11-19(12-16-23)20-13-17-24(18-14-20)26-22-9-5-2-6-10-22;;;;;/h1-18H;1H2;;;;/q-2;;2*+1;;. The summed E-state index contributed by atoms with van der Waals surface area (Å²) in [5.41, 5.74) is 7.33. The molecule has 0 aliphatic heterocycles. The van der Waals surface area contributed by atoms with Gasteiger partial charge >= 0.3 is 170 Å². The van der Waals surface area contributed by atoms with Crippen LogP contribution in [-0.2, 0) is 0 Å². The second-order valence-corrected chi connectivity index (χ2v) is 8.65. The third kappa shape index (κ3) is 4.54. The van der Waals surface area contributed by atoms with Crippen molar-refractivity contribution < 1.29 is 0 Å². The topological polar surface area (TPSA) is 6.48 Å². The molecule has 0 heterocycles. The molecule has 138 valence electrons. The fourth-order valence-electron chi connectivity index (χ4n) is 3.44. The van der Waals surface area contributed by atoms with Gasteiger partial charge in [-0.3, -0.25) is 0 Å². The zero-order chi connectivity index (χ0) is 20.1. The minimum absolute atomic E-state index is 0.0860. The molecule has 4 heteroatoms. The van der Waals surface area contributed by atoms with E-state index in [0.29, 0.717) is 0 Å². The van der Waals surface area contributed by atoms with Crippen LogP contribution in [0.1, 0.15) is 0 Å². The maximum absolute atomic E-state index is 4.18. The zero-order valence-electron chi connectivity index (χ0n) is 16.6. The first kappa shape index (κ1) is 19.7. The van der Waals surface area contributed by atoms with Crippen molar-refractivity contribution in [3.63, 3.8) is 0 Å². The molecule has 0 radical (unpaired) electrons. The van der Waals surface area contributed by atoms with Gasteiger partial charge in [-0.2, -0.15) is 0 Å². The Balaban J connectivity index is 1.54. The molecule has 0 saturated carbocycles. The average molecular weight is 404 g/mol. The molecule has 29 heavy (non-hydrogen) atoms. The Morgan fingerprint density at radius 3 is 1.38 bits per heavy atom. The third-order valence-electron chi connectivity index (χ3n) is 5.09. The molecule has 2 nitrogen and oxygen atoms in total. The summed E-state index contributed by atoms with van der Waals surface area (Å²) in [6.45, 7) is 0. The van der Waals surface area contributed by atoms with Crippen molar-refractivity contribution in [2.24, 2.45) is 0 Å². The van der Waals surface area contributed by atoms with E-state index in [2.05, 4.69) is 116 Å². The zero-order valence-corrected chi connectivity index (χ0v) is 19.7. The first-order chi connectivity index (χ1) is 14.3. The molecule has 4 rings (SSSR count). The molecule has 0 N–H and O–H groups in total.